The molecule has 0 aromatic heterocycles. The van der Waals surface area contributed by atoms with Crippen molar-refractivity contribution in [1.82, 2.24) is 0 Å². The molecule has 0 radical (unpaired) electrons. The molecule has 0 saturated carbocycles. The lowest BCUT2D eigenvalue weighted by Crippen LogP contribution is -2.32. The molecule has 0 aliphatic rings. The van der Waals surface area contributed by atoms with E-state index in [2.05, 4.69) is 0 Å². The number of nitrogens with two attached hydrogens (primary N) is 1. The van der Waals surface area contributed by atoms with Crippen molar-refractivity contribution in [3.8, 4) is 0 Å². The van der Waals surface area contributed by atoms with Gasteiger partial charge in [0.25, 0.3) is 0 Å². The lowest BCUT2D eigenvalue weighted by molar-refractivity contribution is -0.146. The van der Waals surface area contributed by atoms with Gasteiger partial charge in [-0.3, -0.25) is 5.41 Å². The number of hydrogen-bond acceptors (Lipinski definition) is 3. The third-order valence-corrected chi connectivity index (χ3v) is 0.619. The molecule has 0 fully saturated rings. The molecule has 0 aliphatic carbocycles. The van der Waals surface area contributed by atoms with Crippen molar-refractivity contribution in [3.05, 3.63) is 0 Å². The molecule has 0 spiro atoms. The fraction of sp³-hybridized carbons (Fsp3) is 0.667. The molecule has 0 heterocycles. The zero-order valence-electron chi connectivity index (χ0n) is 6.39. The highest BCUT2D eigenvalue weighted by Gasteiger charge is 2.17. The highest BCUT2D eigenvalue weighted by Crippen LogP contribution is 2.05. The molecule has 0 aromatic carbocycles. The average Bonchev–Trinajstić information content (AvgIpc) is 1.60. The Bertz CT molecular complexity index is 158. The van der Waals surface area contributed by atoms with Gasteiger partial charge >= 0.3 is 5.97 Å². The molecule has 10 heavy (non-hydrogen) atoms. The molecule has 3 N–H and O–H groups in total. The third-order valence-electron chi connectivity index (χ3n) is 0.619. The average molecular weight is 144 g/mol. The molecule has 0 saturated heterocycles. The monoisotopic (exact) mass is 144 g/mol. The Hall–Kier alpha value is -1.06. The molecule has 0 bridgehead atoms. The highest BCUT2D eigenvalue weighted by molar-refractivity contribution is 6.33. The van der Waals surface area contributed by atoms with Crippen molar-refractivity contribution < 1.29 is 9.53 Å². The Morgan fingerprint density at radius 3 is 2.00 bits per heavy atom. The predicted octanol–water partition coefficient (Wildman–Crippen LogP) is 0.264. The fourth-order valence-electron chi connectivity index (χ4n) is 0.333. The first-order chi connectivity index (χ1) is 4.33. The van der Waals surface area contributed by atoms with Crippen molar-refractivity contribution in [2.24, 2.45) is 5.73 Å². The Morgan fingerprint density at radius 1 is 1.50 bits per heavy atom. The maximum atomic E-state index is 10.6. The third kappa shape index (κ3) is 3.88. The molecular weight excluding hydrogens is 132 g/mol. The van der Waals surface area contributed by atoms with Crippen LogP contribution in [0.2, 0.25) is 0 Å². The largest absolute Gasteiger partial charge is 0.454 e. The van der Waals surface area contributed by atoms with Gasteiger partial charge in [0.2, 0.25) is 5.84 Å². The molecule has 0 unspecified atom stereocenters. The van der Waals surface area contributed by atoms with Gasteiger partial charge in [-0.15, -0.1) is 0 Å². The minimum atomic E-state index is -0.771. The van der Waals surface area contributed by atoms with E-state index in [4.69, 9.17) is 15.9 Å². The van der Waals surface area contributed by atoms with Gasteiger partial charge in [-0.05, 0) is 20.8 Å². The molecular formula is C6H12N2O2. The standard InChI is InChI=1S/C6H12N2O2/c1-6(2,3)10-5(9)4(7)8/h1-3H3,(H3,7,8). The number of carbonyl (C=O) groups excluding carboxylic acids is 1. The summed E-state index contributed by atoms with van der Waals surface area (Å²) in [5, 5.41) is 6.68. The van der Waals surface area contributed by atoms with Crippen LogP contribution >= 0.6 is 0 Å². The van der Waals surface area contributed by atoms with Crippen LogP contribution in [0.25, 0.3) is 0 Å². The summed E-state index contributed by atoms with van der Waals surface area (Å²) in [6.45, 7) is 5.15. The maximum absolute atomic E-state index is 10.6. The van der Waals surface area contributed by atoms with Gasteiger partial charge in [-0.25, -0.2) is 4.79 Å². The zero-order chi connectivity index (χ0) is 8.36. The van der Waals surface area contributed by atoms with Gasteiger partial charge < -0.3 is 10.5 Å². The van der Waals surface area contributed by atoms with Gasteiger partial charge in [-0.2, -0.15) is 0 Å². The van der Waals surface area contributed by atoms with Crippen LogP contribution in [0.4, 0.5) is 0 Å². The Labute approximate surface area is 59.9 Å². The summed E-state index contributed by atoms with van der Waals surface area (Å²) in [6.07, 6.45) is 0. The maximum Gasteiger partial charge on any atom is 0.373 e. The molecule has 0 aromatic rings. The van der Waals surface area contributed by atoms with E-state index in [0.717, 1.165) is 0 Å². The number of hydrogen-bond donors (Lipinski definition) is 2. The Morgan fingerprint density at radius 2 is 1.90 bits per heavy atom. The SMILES string of the molecule is CC(C)(C)OC(=O)C(=N)N. The van der Waals surface area contributed by atoms with Crippen molar-refractivity contribution >= 4 is 11.8 Å². The lowest BCUT2D eigenvalue weighted by atomic mass is 10.2. The van der Waals surface area contributed by atoms with Crippen LogP contribution in [0.3, 0.4) is 0 Å². The quantitative estimate of drug-likeness (QED) is 0.291. The summed E-state index contributed by atoms with van der Waals surface area (Å²) < 4.78 is 4.71. The number of esters is 1. The lowest BCUT2D eigenvalue weighted by Gasteiger charge is -2.18. The normalized spacial score (nSPS) is 10.7. The zero-order valence-corrected chi connectivity index (χ0v) is 6.39. The van der Waals surface area contributed by atoms with E-state index in [1.54, 1.807) is 20.8 Å². The molecule has 0 atom stereocenters. The van der Waals surface area contributed by atoms with Gasteiger partial charge in [0, 0.05) is 0 Å². The predicted molar refractivity (Wildman–Crippen MR) is 37.8 cm³/mol. The molecule has 0 aliphatic heterocycles. The summed E-state index contributed by atoms with van der Waals surface area (Å²) in [6, 6.07) is 0. The first kappa shape index (κ1) is 8.94. The van der Waals surface area contributed by atoms with Crippen LogP contribution in [-0.4, -0.2) is 17.4 Å². The second kappa shape index (κ2) is 2.68. The molecule has 0 rings (SSSR count). The summed E-state index contributed by atoms with van der Waals surface area (Å²) >= 11 is 0. The van der Waals surface area contributed by atoms with Crippen LogP contribution in [0.15, 0.2) is 0 Å². The summed E-state index contributed by atoms with van der Waals surface area (Å²) in [5.74, 6) is -1.33. The second-order valence-electron chi connectivity index (χ2n) is 2.92. The number of nitrogens with one attached hydrogen (secondary N) is 1. The van der Waals surface area contributed by atoms with Crippen LogP contribution in [0, 0.1) is 5.41 Å². The fourth-order valence-corrected chi connectivity index (χ4v) is 0.333. The van der Waals surface area contributed by atoms with Gasteiger partial charge in [0.05, 0.1) is 0 Å². The summed E-state index contributed by atoms with van der Waals surface area (Å²) in [4.78, 5) is 10.6. The van der Waals surface area contributed by atoms with Crippen LogP contribution < -0.4 is 5.73 Å². The van der Waals surface area contributed by atoms with E-state index in [-0.39, 0.29) is 0 Å². The van der Waals surface area contributed by atoms with Gasteiger partial charge in [0.15, 0.2) is 0 Å². The van der Waals surface area contributed by atoms with E-state index < -0.39 is 17.4 Å². The Balaban J connectivity index is 3.93. The summed E-state index contributed by atoms with van der Waals surface area (Å²) in [7, 11) is 0. The van der Waals surface area contributed by atoms with Gasteiger partial charge in [0.1, 0.15) is 5.60 Å². The van der Waals surface area contributed by atoms with E-state index in [1.165, 1.54) is 0 Å². The second-order valence-corrected chi connectivity index (χ2v) is 2.92. The van der Waals surface area contributed by atoms with Crippen molar-refractivity contribution in [2.75, 3.05) is 0 Å². The van der Waals surface area contributed by atoms with E-state index in [1.807, 2.05) is 0 Å². The van der Waals surface area contributed by atoms with E-state index in [9.17, 15) is 4.79 Å². The molecule has 0 amide bonds. The Kier molecular flexibility index (Phi) is 2.40. The van der Waals surface area contributed by atoms with Crippen LogP contribution in [-0.2, 0) is 9.53 Å². The first-order valence-electron chi connectivity index (χ1n) is 2.90. The highest BCUT2D eigenvalue weighted by atomic mass is 16.6. The molecule has 4 nitrogen and oxygen atoms in total. The number of rotatable bonds is 0. The number of amidine groups is 1. The van der Waals surface area contributed by atoms with E-state index in [0.29, 0.717) is 0 Å². The smallest absolute Gasteiger partial charge is 0.373 e. The minimum Gasteiger partial charge on any atom is -0.454 e. The molecule has 58 valence electrons. The minimum absolute atomic E-state index is 0.560. The topological polar surface area (TPSA) is 76.2 Å². The van der Waals surface area contributed by atoms with Crippen LogP contribution in [0.1, 0.15) is 20.8 Å². The number of carbonyl (C=O) groups is 1. The van der Waals surface area contributed by atoms with Crippen molar-refractivity contribution in [1.29, 1.82) is 5.41 Å². The van der Waals surface area contributed by atoms with Crippen molar-refractivity contribution in [2.45, 2.75) is 26.4 Å². The van der Waals surface area contributed by atoms with Gasteiger partial charge in [-0.1, -0.05) is 0 Å². The van der Waals surface area contributed by atoms with Crippen molar-refractivity contribution in [3.63, 3.8) is 0 Å². The van der Waals surface area contributed by atoms with E-state index >= 15 is 0 Å². The van der Waals surface area contributed by atoms with Crippen LogP contribution in [0.5, 0.6) is 0 Å². The summed E-state index contributed by atoms with van der Waals surface area (Å²) in [5.41, 5.74) is 4.29. The molecule has 4 heteroatoms. The first-order valence-corrected chi connectivity index (χ1v) is 2.90. The number of ether oxygens (including phenoxy) is 1.